The first-order chi connectivity index (χ1) is 8.06. The van der Waals surface area contributed by atoms with Gasteiger partial charge in [-0.3, -0.25) is 9.59 Å². The van der Waals surface area contributed by atoms with Gasteiger partial charge in [-0.25, -0.2) is 0 Å². The molecule has 5 nitrogen and oxygen atoms in total. The van der Waals surface area contributed by atoms with Crippen molar-refractivity contribution >= 4 is 11.9 Å². The van der Waals surface area contributed by atoms with E-state index >= 15 is 0 Å². The molecule has 0 heterocycles. The molecular formula is C12H21NO4. The lowest BCUT2D eigenvalue weighted by molar-refractivity contribution is -0.143. The SMILES string of the molecule is COC(C)C(=O)NC1CCCCCC1C(=O)O. The maximum atomic E-state index is 11.7. The average molecular weight is 243 g/mol. The molecule has 2 N–H and O–H groups in total. The summed E-state index contributed by atoms with van der Waals surface area (Å²) < 4.78 is 4.92. The van der Waals surface area contributed by atoms with E-state index in [1.807, 2.05) is 0 Å². The standard InChI is InChI=1S/C12H21NO4/c1-8(17-2)11(14)13-10-7-5-3-4-6-9(10)12(15)16/h8-10H,3-7H2,1-2H3,(H,13,14)(H,15,16). The van der Waals surface area contributed by atoms with Crippen molar-refractivity contribution in [3.8, 4) is 0 Å². The molecule has 17 heavy (non-hydrogen) atoms. The Labute approximate surface area is 102 Å². The van der Waals surface area contributed by atoms with Gasteiger partial charge in [0.25, 0.3) is 0 Å². The highest BCUT2D eigenvalue weighted by Crippen LogP contribution is 2.23. The first-order valence-electron chi connectivity index (χ1n) is 6.12. The first-order valence-corrected chi connectivity index (χ1v) is 6.12. The maximum absolute atomic E-state index is 11.7. The van der Waals surface area contributed by atoms with Crippen molar-refractivity contribution in [1.29, 1.82) is 0 Å². The Morgan fingerprint density at radius 3 is 2.53 bits per heavy atom. The van der Waals surface area contributed by atoms with Gasteiger partial charge < -0.3 is 15.2 Å². The summed E-state index contributed by atoms with van der Waals surface area (Å²) in [6.45, 7) is 1.65. The Balaban J connectivity index is 2.63. The van der Waals surface area contributed by atoms with E-state index in [4.69, 9.17) is 9.84 Å². The lowest BCUT2D eigenvalue weighted by Gasteiger charge is -2.24. The van der Waals surface area contributed by atoms with Crippen molar-refractivity contribution in [1.82, 2.24) is 5.32 Å². The second kappa shape index (κ2) is 6.59. The molecule has 0 saturated heterocycles. The summed E-state index contributed by atoms with van der Waals surface area (Å²) in [6.07, 6.45) is 3.77. The van der Waals surface area contributed by atoms with Crippen molar-refractivity contribution in [3.05, 3.63) is 0 Å². The highest BCUT2D eigenvalue weighted by molar-refractivity contribution is 5.81. The fraction of sp³-hybridized carbons (Fsp3) is 0.833. The van der Waals surface area contributed by atoms with Crippen LogP contribution >= 0.6 is 0 Å². The monoisotopic (exact) mass is 243 g/mol. The number of amides is 1. The first kappa shape index (κ1) is 14.0. The number of methoxy groups -OCH3 is 1. The van der Waals surface area contributed by atoms with Gasteiger partial charge in [-0.15, -0.1) is 0 Å². The number of carbonyl (C=O) groups is 2. The van der Waals surface area contributed by atoms with Gasteiger partial charge in [0.1, 0.15) is 6.10 Å². The van der Waals surface area contributed by atoms with Gasteiger partial charge in [0.05, 0.1) is 5.92 Å². The minimum atomic E-state index is -0.817. The van der Waals surface area contributed by atoms with Gasteiger partial charge in [-0.1, -0.05) is 19.3 Å². The van der Waals surface area contributed by atoms with Gasteiger partial charge in [0, 0.05) is 13.2 Å². The molecule has 0 aliphatic heterocycles. The molecule has 3 atom stereocenters. The van der Waals surface area contributed by atoms with Crippen LogP contribution in [0.15, 0.2) is 0 Å². The third-order valence-electron chi connectivity index (χ3n) is 3.38. The second-order valence-electron chi connectivity index (χ2n) is 4.58. The molecule has 98 valence electrons. The Bertz CT molecular complexity index is 280. The number of carbonyl (C=O) groups excluding carboxylic acids is 1. The highest BCUT2D eigenvalue weighted by atomic mass is 16.5. The van der Waals surface area contributed by atoms with Gasteiger partial charge in [-0.05, 0) is 19.8 Å². The molecule has 0 spiro atoms. The largest absolute Gasteiger partial charge is 0.481 e. The minimum Gasteiger partial charge on any atom is -0.481 e. The van der Waals surface area contributed by atoms with Gasteiger partial charge in [0.2, 0.25) is 5.91 Å². The second-order valence-corrected chi connectivity index (χ2v) is 4.58. The van der Waals surface area contributed by atoms with Crippen LogP contribution in [0.5, 0.6) is 0 Å². The summed E-state index contributed by atoms with van der Waals surface area (Å²) in [5.41, 5.74) is 0. The lowest BCUT2D eigenvalue weighted by Crippen LogP contribution is -2.46. The van der Waals surface area contributed by atoms with Crippen LogP contribution in [-0.2, 0) is 14.3 Å². The van der Waals surface area contributed by atoms with E-state index in [9.17, 15) is 9.59 Å². The Morgan fingerprint density at radius 2 is 1.94 bits per heavy atom. The summed E-state index contributed by atoms with van der Waals surface area (Å²) in [6, 6.07) is -0.264. The molecule has 1 amide bonds. The summed E-state index contributed by atoms with van der Waals surface area (Å²) in [5.74, 6) is -1.52. The summed E-state index contributed by atoms with van der Waals surface area (Å²) in [4.78, 5) is 22.8. The molecule has 1 fully saturated rings. The predicted molar refractivity (Wildman–Crippen MR) is 62.6 cm³/mol. The minimum absolute atomic E-state index is 0.231. The zero-order valence-corrected chi connectivity index (χ0v) is 10.4. The van der Waals surface area contributed by atoms with E-state index in [-0.39, 0.29) is 11.9 Å². The van der Waals surface area contributed by atoms with Crippen molar-refractivity contribution in [2.75, 3.05) is 7.11 Å². The molecule has 0 aromatic heterocycles. The van der Waals surface area contributed by atoms with Gasteiger partial charge in [0.15, 0.2) is 0 Å². The topological polar surface area (TPSA) is 75.6 Å². The molecule has 1 rings (SSSR count). The fourth-order valence-electron chi connectivity index (χ4n) is 2.18. The molecular weight excluding hydrogens is 222 g/mol. The molecule has 0 bridgehead atoms. The number of hydrogen-bond donors (Lipinski definition) is 2. The number of carboxylic acids is 1. The van der Waals surface area contributed by atoms with Crippen molar-refractivity contribution in [3.63, 3.8) is 0 Å². The van der Waals surface area contributed by atoms with Crippen LogP contribution in [0.4, 0.5) is 0 Å². The van der Waals surface area contributed by atoms with E-state index in [2.05, 4.69) is 5.32 Å². The maximum Gasteiger partial charge on any atom is 0.308 e. The third kappa shape index (κ3) is 4.00. The number of aliphatic carboxylic acids is 1. The molecule has 1 aliphatic carbocycles. The number of ether oxygens (including phenoxy) is 1. The smallest absolute Gasteiger partial charge is 0.308 e. The summed E-state index contributed by atoms with van der Waals surface area (Å²) in [7, 11) is 1.46. The Hall–Kier alpha value is -1.10. The zero-order chi connectivity index (χ0) is 12.8. The van der Waals surface area contributed by atoms with Crippen LogP contribution in [0.2, 0.25) is 0 Å². The van der Waals surface area contributed by atoms with E-state index < -0.39 is 18.0 Å². The molecule has 0 radical (unpaired) electrons. The quantitative estimate of drug-likeness (QED) is 0.727. The van der Waals surface area contributed by atoms with E-state index in [0.29, 0.717) is 6.42 Å². The number of hydrogen-bond acceptors (Lipinski definition) is 3. The van der Waals surface area contributed by atoms with Crippen LogP contribution in [0.25, 0.3) is 0 Å². The lowest BCUT2D eigenvalue weighted by atomic mass is 9.94. The van der Waals surface area contributed by atoms with E-state index in [1.165, 1.54) is 7.11 Å². The molecule has 0 aromatic carbocycles. The van der Waals surface area contributed by atoms with Crippen LogP contribution in [-0.4, -0.2) is 36.2 Å². The van der Waals surface area contributed by atoms with Crippen LogP contribution in [0, 0.1) is 5.92 Å². The molecule has 3 unspecified atom stereocenters. The number of nitrogens with one attached hydrogen (secondary N) is 1. The van der Waals surface area contributed by atoms with Crippen molar-refractivity contribution in [2.45, 2.75) is 51.2 Å². The van der Waals surface area contributed by atoms with Crippen LogP contribution < -0.4 is 5.32 Å². The predicted octanol–water partition coefficient (Wildman–Crippen LogP) is 1.17. The molecule has 5 heteroatoms. The average Bonchev–Trinajstić information content (AvgIpc) is 2.53. The fourth-order valence-corrected chi connectivity index (χ4v) is 2.18. The van der Waals surface area contributed by atoms with E-state index in [1.54, 1.807) is 6.92 Å². The van der Waals surface area contributed by atoms with Crippen molar-refractivity contribution in [2.24, 2.45) is 5.92 Å². The van der Waals surface area contributed by atoms with Crippen LogP contribution in [0.1, 0.15) is 39.0 Å². The number of rotatable bonds is 4. The third-order valence-corrected chi connectivity index (χ3v) is 3.38. The van der Waals surface area contributed by atoms with Crippen LogP contribution in [0.3, 0.4) is 0 Å². The Kier molecular flexibility index (Phi) is 5.41. The summed E-state index contributed by atoms with van der Waals surface area (Å²) in [5, 5.41) is 12.0. The van der Waals surface area contributed by atoms with E-state index in [0.717, 1.165) is 25.7 Å². The number of carboxylic acid groups (broad SMARTS) is 1. The summed E-state index contributed by atoms with van der Waals surface area (Å²) >= 11 is 0. The van der Waals surface area contributed by atoms with Gasteiger partial charge >= 0.3 is 5.97 Å². The molecule has 1 saturated carbocycles. The normalized spacial score (nSPS) is 26.9. The molecule has 0 aromatic rings. The highest BCUT2D eigenvalue weighted by Gasteiger charge is 2.31. The van der Waals surface area contributed by atoms with Crippen molar-refractivity contribution < 1.29 is 19.4 Å². The molecule has 1 aliphatic rings. The zero-order valence-electron chi connectivity index (χ0n) is 10.4. The Morgan fingerprint density at radius 1 is 1.29 bits per heavy atom. The van der Waals surface area contributed by atoms with Gasteiger partial charge in [-0.2, -0.15) is 0 Å².